The van der Waals surface area contributed by atoms with E-state index in [2.05, 4.69) is 179 Å². The van der Waals surface area contributed by atoms with Crippen LogP contribution in [0.3, 0.4) is 0 Å². The number of thioether (sulfide) groups is 2. The molecule has 7 aromatic rings. The number of benzene rings is 7. The van der Waals surface area contributed by atoms with Gasteiger partial charge < -0.3 is 40.5 Å². The predicted molar refractivity (Wildman–Crippen MR) is 309 cm³/mol. The third-order valence-corrected chi connectivity index (χ3v) is 17.1. The zero-order valence-electron chi connectivity index (χ0n) is 43.4. The van der Waals surface area contributed by atoms with Crippen molar-refractivity contribution in [2.45, 2.75) is 72.4 Å². The quantitative estimate of drug-likeness (QED) is 0.0205. The van der Waals surface area contributed by atoms with Crippen LogP contribution < -0.4 is 10.6 Å². The van der Waals surface area contributed by atoms with Crippen LogP contribution >= 0.6 is 23.5 Å². The summed E-state index contributed by atoms with van der Waals surface area (Å²) in [6, 6.07) is 71.3. The van der Waals surface area contributed by atoms with E-state index in [1.54, 1.807) is 0 Å². The minimum atomic E-state index is -1.48. The van der Waals surface area contributed by atoms with Crippen molar-refractivity contribution in [3.63, 3.8) is 0 Å². The van der Waals surface area contributed by atoms with Crippen LogP contribution in [0, 0.1) is 0 Å². The Morgan fingerprint density at radius 1 is 0.519 bits per heavy atom. The molecule has 2 amide bonds. The average molecular weight is 1070 g/mol. The van der Waals surface area contributed by atoms with Gasteiger partial charge in [0.05, 0.1) is 22.6 Å². The highest BCUT2D eigenvalue weighted by molar-refractivity contribution is 8.00. The summed E-state index contributed by atoms with van der Waals surface area (Å²) in [5, 5.41) is 46.0. The largest absolute Gasteiger partial charge is 0.394 e. The van der Waals surface area contributed by atoms with Crippen molar-refractivity contribution in [2.24, 2.45) is 0 Å². The Hall–Kier alpha value is -6.10. The standard InChI is InChI=1S/C64H71N3O8S2/c68-47-56-58(70)59(71)60(72)62(75-56)74-42-22-2-1-21-39-66-61(73)49-37-35-48(36-38-49)45-67(41-44-77-64(53-29-15-6-16-30-53,54-31-17-7-18-32-54)55-33-19-8-20-34-55)46-57(69)65-40-43-76-63(50-23-9-3-10-24-50,51-25-11-4-12-26-51)52-27-13-5-14-28-52/h3-20,23-38,56,58-60,62,68,70-72H,1-2,21-22,39-47H2,(H,65,69)(H,66,73)/t56-,58+,59+,60-,62-/m1/s1. The number of rotatable bonds is 28. The van der Waals surface area contributed by atoms with Gasteiger partial charge in [0, 0.05) is 49.9 Å². The highest BCUT2D eigenvalue weighted by atomic mass is 32.2. The molecule has 0 saturated carbocycles. The molecule has 1 aliphatic heterocycles. The first-order valence-electron chi connectivity index (χ1n) is 26.6. The number of unbranched alkanes of at least 4 members (excludes halogenated alkanes) is 3. The zero-order chi connectivity index (χ0) is 53.7. The van der Waals surface area contributed by atoms with Crippen LogP contribution in [0.25, 0.3) is 0 Å². The maximum atomic E-state index is 14.2. The van der Waals surface area contributed by atoms with Crippen molar-refractivity contribution in [3.8, 4) is 0 Å². The van der Waals surface area contributed by atoms with E-state index >= 15 is 0 Å². The summed E-state index contributed by atoms with van der Waals surface area (Å²) in [4.78, 5) is 29.7. The summed E-state index contributed by atoms with van der Waals surface area (Å²) < 4.78 is 10.0. The molecule has 0 unspecified atom stereocenters. The first-order valence-corrected chi connectivity index (χ1v) is 28.6. The van der Waals surface area contributed by atoms with Crippen LogP contribution in [-0.2, 0) is 30.3 Å². The highest BCUT2D eigenvalue weighted by Crippen LogP contribution is 2.49. The molecule has 13 heteroatoms. The maximum Gasteiger partial charge on any atom is 0.251 e. The van der Waals surface area contributed by atoms with Crippen LogP contribution in [-0.4, -0.2) is 119 Å². The molecule has 6 N–H and O–H groups in total. The first kappa shape index (κ1) is 57.1. The molecule has 402 valence electrons. The van der Waals surface area contributed by atoms with E-state index in [1.807, 2.05) is 66.0 Å². The number of aliphatic hydroxyl groups excluding tert-OH is 4. The average Bonchev–Trinajstić information content (AvgIpc) is 3.50. The lowest BCUT2D eigenvalue weighted by Crippen LogP contribution is -2.59. The van der Waals surface area contributed by atoms with E-state index in [9.17, 15) is 30.0 Å². The van der Waals surface area contributed by atoms with Crippen LogP contribution in [0.15, 0.2) is 206 Å². The van der Waals surface area contributed by atoms with E-state index in [4.69, 9.17) is 9.47 Å². The molecule has 11 nitrogen and oxygen atoms in total. The molecule has 0 spiro atoms. The number of aliphatic hydroxyl groups is 4. The van der Waals surface area contributed by atoms with Crippen LogP contribution in [0.1, 0.15) is 75.0 Å². The lowest BCUT2D eigenvalue weighted by atomic mass is 9.84. The fourth-order valence-electron chi connectivity index (χ4n) is 10.0. The lowest BCUT2D eigenvalue weighted by molar-refractivity contribution is -0.301. The fourth-order valence-corrected chi connectivity index (χ4v) is 13.0. The van der Waals surface area contributed by atoms with E-state index in [0.29, 0.717) is 49.7 Å². The third kappa shape index (κ3) is 14.7. The lowest BCUT2D eigenvalue weighted by Gasteiger charge is -2.39. The minimum absolute atomic E-state index is 0.0573. The number of carbonyl (C=O) groups is 2. The molecule has 0 aromatic heterocycles. The van der Waals surface area contributed by atoms with Crippen molar-refractivity contribution in [1.82, 2.24) is 15.5 Å². The van der Waals surface area contributed by atoms with E-state index in [0.717, 1.165) is 24.8 Å². The molecule has 77 heavy (non-hydrogen) atoms. The molecule has 8 rings (SSSR count). The Morgan fingerprint density at radius 2 is 0.961 bits per heavy atom. The first-order chi connectivity index (χ1) is 37.7. The van der Waals surface area contributed by atoms with Crippen LogP contribution in [0.4, 0.5) is 0 Å². The fraction of sp³-hybridized carbons (Fsp3) is 0.312. The van der Waals surface area contributed by atoms with Crippen molar-refractivity contribution < 1.29 is 39.5 Å². The number of carbonyl (C=O) groups excluding carboxylic acids is 2. The minimum Gasteiger partial charge on any atom is -0.394 e. The third-order valence-electron chi connectivity index (χ3n) is 14.0. The summed E-state index contributed by atoms with van der Waals surface area (Å²) in [6.45, 7) is 2.02. The maximum absolute atomic E-state index is 14.2. The Kier molecular flexibility index (Phi) is 21.5. The Balaban J connectivity index is 0.913. The van der Waals surface area contributed by atoms with Gasteiger partial charge in [-0.1, -0.05) is 207 Å². The second-order valence-electron chi connectivity index (χ2n) is 19.3. The van der Waals surface area contributed by atoms with Gasteiger partial charge in [0.1, 0.15) is 24.4 Å². The van der Waals surface area contributed by atoms with Gasteiger partial charge in [-0.3, -0.25) is 14.5 Å². The van der Waals surface area contributed by atoms with E-state index in [1.165, 1.54) is 33.4 Å². The molecule has 0 bridgehead atoms. The van der Waals surface area contributed by atoms with E-state index < -0.39 is 46.8 Å². The normalized spacial score (nSPS) is 17.7. The summed E-state index contributed by atoms with van der Waals surface area (Å²) in [5.74, 6) is 1.16. The van der Waals surface area contributed by atoms with Crippen molar-refractivity contribution in [3.05, 3.63) is 251 Å². The molecule has 7 aromatic carbocycles. The van der Waals surface area contributed by atoms with Gasteiger partial charge in [-0.15, -0.1) is 23.5 Å². The van der Waals surface area contributed by atoms with Gasteiger partial charge in [-0.05, 0) is 63.9 Å². The van der Waals surface area contributed by atoms with E-state index in [-0.39, 0.29) is 25.0 Å². The van der Waals surface area contributed by atoms with Gasteiger partial charge >= 0.3 is 0 Å². The van der Waals surface area contributed by atoms with Gasteiger partial charge in [-0.25, -0.2) is 0 Å². The molecule has 1 fully saturated rings. The summed E-state index contributed by atoms with van der Waals surface area (Å²) in [6.07, 6.45) is -3.43. The SMILES string of the molecule is O=C(CN(CCSC(c1ccccc1)(c1ccccc1)c1ccccc1)Cc1ccc(C(=O)NCCCCCCO[C@@H]2O[C@H](CO)[C@H](O)[C@H](O)[C@H]2O)cc1)NCCSC(c1ccccc1)(c1ccccc1)c1ccccc1. The molecule has 1 heterocycles. The van der Waals surface area contributed by atoms with Crippen molar-refractivity contribution in [1.29, 1.82) is 0 Å². The molecule has 0 radical (unpaired) electrons. The number of hydrogen-bond acceptors (Lipinski definition) is 11. The topological polar surface area (TPSA) is 161 Å². The number of hydrogen-bond donors (Lipinski definition) is 6. The Labute approximate surface area is 462 Å². The summed E-state index contributed by atoms with van der Waals surface area (Å²) in [5.41, 5.74) is 8.59. The van der Waals surface area contributed by atoms with Crippen LogP contribution in [0.5, 0.6) is 0 Å². The highest BCUT2D eigenvalue weighted by Gasteiger charge is 2.44. The number of nitrogens with one attached hydrogen (secondary N) is 2. The number of amides is 2. The van der Waals surface area contributed by atoms with Crippen molar-refractivity contribution in [2.75, 3.05) is 50.9 Å². The van der Waals surface area contributed by atoms with Gasteiger partial charge in [0.25, 0.3) is 5.91 Å². The number of ether oxygens (including phenoxy) is 2. The van der Waals surface area contributed by atoms with Gasteiger partial charge in [0.2, 0.25) is 5.91 Å². The molecular weight excluding hydrogens is 1000 g/mol. The monoisotopic (exact) mass is 1070 g/mol. The second kappa shape index (κ2) is 29.0. The molecule has 0 aliphatic carbocycles. The van der Waals surface area contributed by atoms with Crippen LogP contribution in [0.2, 0.25) is 0 Å². The smallest absolute Gasteiger partial charge is 0.251 e. The predicted octanol–water partition coefficient (Wildman–Crippen LogP) is 9.16. The number of nitrogens with zero attached hydrogens (tertiary/aromatic N) is 1. The summed E-state index contributed by atoms with van der Waals surface area (Å²) in [7, 11) is 0. The Bertz CT molecular complexity index is 2630. The second-order valence-corrected chi connectivity index (χ2v) is 21.9. The van der Waals surface area contributed by atoms with Gasteiger partial charge in [0.15, 0.2) is 6.29 Å². The molecule has 1 saturated heterocycles. The zero-order valence-corrected chi connectivity index (χ0v) is 45.0. The summed E-state index contributed by atoms with van der Waals surface area (Å²) >= 11 is 3.69. The Morgan fingerprint density at radius 3 is 1.42 bits per heavy atom. The molecule has 1 aliphatic rings. The van der Waals surface area contributed by atoms with Crippen molar-refractivity contribution >= 4 is 35.3 Å². The molecular formula is C64H71N3O8S2. The van der Waals surface area contributed by atoms with Gasteiger partial charge in [-0.2, -0.15) is 0 Å². The molecule has 5 atom stereocenters.